The number of benzene rings is 2. The molecule has 0 aliphatic carbocycles. The Balaban J connectivity index is 1.33. The van der Waals surface area contributed by atoms with Gasteiger partial charge in [0.25, 0.3) is 5.91 Å². The second kappa shape index (κ2) is 7.54. The van der Waals surface area contributed by atoms with E-state index in [9.17, 15) is 4.79 Å². The smallest absolute Gasteiger partial charge is 0.253 e. The number of hydrogen-bond donors (Lipinski definition) is 0. The molecule has 0 radical (unpaired) electrons. The van der Waals surface area contributed by atoms with Gasteiger partial charge in [-0.15, -0.1) is 0 Å². The Hall–Kier alpha value is -2.92. The second-order valence-corrected chi connectivity index (χ2v) is 6.42. The van der Waals surface area contributed by atoms with E-state index in [1.54, 1.807) is 6.20 Å². The van der Waals surface area contributed by atoms with E-state index in [0.29, 0.717) is 12.4 Å². The summed E-state index contributed by atoms with van der Waals surface area (Å²) in [5.41, 5.74) is 1.78. The van der Waals surface area contributed by atoms with E-state index >= 15 is 0 Å². The first kappa shape index (κ1) is 16.5. The number of carbonyl (C=O) groups is 1. The van der Waals surface area contributed by atoms with Gasteiger partial charge in [-0.05, 0) is 12.1 Å². The number of oxazole rings is 1. The summed E-state index contributed by atoms with van der Waals surface area (Å²) in [6.45, 7) is 3.75. The van der Waals surface area contributed by atoms with Crippen LogP contribution in [0.5, 0.6) is 0 Å². The Morgan fingerprint density at radius 2 is 1.58 bits per heavy atom. The third-order valence-electron chi connectivity index (χ3n) is 4.65. The Morgan fingerprint density at radius 1 is 0.923 bits per heavy atom. The number of rotatable bonds is 4. The first-order chi connectivity index (χ1) is 12.8. The monoisotopic (exact) mass is 347 g/mol. The zero-order chi connectivity index (χ0) is 17.8. The quantitative estimate of drug-likeness (QED) is 0.727. The van der Waals surface area contributed by atoms with Crippen molar-refractivity contribution in [1.29, 1.82) is 0 Å². The van der Waals surface area contributed by atoms with E-state index in [1.807, 2.05) is 65.6 Å². The number of piperazine rings is 1. The van der Waals surface area contributed by atoms with Crippen molar-refractivity contribution in [2.24, 2.45) is 0 Å². The topological polar surface area (TPSA) is 49.6 Å². The number of aromatic nitrogens is 1. The van der Waals surface area contributed by atoms with Crippen LogP contribution in [0.4, 0.5) is 0 Å². The fraction of sp³-hybridized carbons (Fsp3) is 0.238. The zero-order valence-electron chi connectivity index (χ0n) is 14.5. The van der Waals surface area contributed by atoms with Crippen LogP contribution in [0.15, 0.2) is 71.3 Å². The summed E-state index contributed by atoms with van der Waals surface area (Å²) in [4.78, 5) is 21.1. The maximum Gasteiger partial charge on any atom is 0.253 e. The van der Waals surface area contributed by atoms with Crippen LogP contribution in [-0.4, -0.2) is 46.9 Å². The lowest BCUT2D eigenvalue weighted by Crippen LogP contribution is -2.48. The molecule has 0 bridgehead atoms. The molecule has 0 spiro atoms. The van der Waals surface area contributed by atoms with Gasteiger partial charge in [0, 0.05) is 37.3 Å². The maximum absolute atomic E-state index is 12.5. The van der Waals surface area contributed by atoms with Gasteiger partial charge in [0.2, 0.25) is 5.89 Å². The SMILES string of the molecule is O=C(c1ccccc1)N1CCN(Cc2ncc(-c3ccccc3)o2)CC1. The van der Waals surface area contributed by atoms with Crippen LogP contribution < -0.4 is 0 Å². The fourth-order valence-electron chi connectivity index (χ4n) is 3.18. The molecule has 1 aliphatic rings. The van der Waals surface area contributed by atoms with E-state index < -0.39 is 0 Å². The van der Waals surface area contributed by atoms with Crippen molar-refractivity contribution in [3.63, 3.8) is 0 Å². The van der Waals surface area contributed by atoms with Gasteiger partial charge in [0.05, 0.1) is 12.7 Å². The largest absolute Gasteiger partial charge is 0.439 e. The lowest BCUT2D eigenvalue weighted by Gasteiger charge is -2.34. The van der Waals surface area contributed by atoms with Gasteiger partial charge >= 0.3 is 0 Å². The molecule has 26 heavy (non-hydrogen) atoms. The van der Waals surface area contributed by atoms with Crippen molar-refractivity contribution in [3.8, 4) is 11.3 Å². The number of nitrogens with zero attached hydrogens (tertiary/aromatic N) is 3. The van der Waals surface area contributed by atoms with Crippen LogP contribution in [0.25, 0.3) is 11.3 Å². The van der Waals surface area contributed by atoms with Crippen LogP contribution in [0.3, 0.4) is 0 Å². The first-order valence-corrected chi connectivity index (χ1v) is 8.86. The van der Waals surface area contributed by atoms with Gasteiger partial charge in [-0.3, -0.25) is 9.69 Å². The molecule has 5 heteroatoms. The second-order valence-electron chi connectivity index (χ2n) is 6.42. The van der Waals surface area contributed by atoms with E-state index in [2.05, 4.69) is 9.88 Å². The summed E-state index contributed by atoms with van der Waals surface area (Å²) >= 11 is 0. The molecule has 5 nitrogen and oxygen atoms in total. The van der Waals surface area contributed by atoms with Gasteiger partial charge < -0.3 is 9.32 Å². The van der Waals surface area contributed by atoms with Gasteiger partial charge in [0.15, 0.2) is 5.76 Å². The highest BCUT2D eigenvalue weighted by Crippen LogP contribution is 2.20. The van der Waals surface area contributed by atoms with Gasteiger partial charge in [0.1, 0.15) is 0 Å². The molecule has 3 aromatic rings. The predicted octanol–water partition coefficient (Wildman–Crippen LogP) is 3.30. The molecule has 2 aromatic carbocycles. The minimum atomic E-state index is 0.104. The summed E-state index contributed by atoms with van der Waals surface area (Å²) in [7, 11) is 0. The highest BCUT2D eigenvalue weighted by molar-refractivity contribution is 5.94. The van der Waals surface area contributed by atoms with Gasteiger partial charge in [-0.2, -0.15) is 0 Å². The van der Waals surface area contributed by atoms with Crippen molar-refractivity contribution < 1.29 is 9.21 Å². The van der Waals surface area contributed by atoms with E-state index in [-0.39, 0.29) is 5.91 Å². The highest BCUT2D eigenvalue weighted by Gasteiger charge is 2.23. The molecule has 132 valence electrons. The van der Waals surface area contributed by atoms with E-state index in [0.717, 1.165) is 43.1 Å². The molecule has 0 atom stereocenters. The standard InChI is InChI=1S/C21H21N3O2/c25-21(18-9-5-2-6-10-18)24-13-11-23(12-14-24)16-20-22-15-19(26-20)17-7-3-1-4-8-17/h1-10,15H,11-14,16H2. The lowest BCUT2D eigenvalue weighted by molar-refractivity contribution is 0.0618. The number of carbonyl (C=O) groups excluding carboxylic acids is 1. The Kier molecular flexibility index (Phi) is 4.80. The number of hydrogen-bond acceptors (Lipinski definition) is 4. The predicted molar refractivity (Wildman–Crippen MR) is 99.6 cm³/mol. The zero-order valence-corrected chi connectivity index (χ0v) is 14.5. The van der Waals surface area contributed by atoms with Crippen molar-refractivity contribution in [2.45, 2.75) is 6.54 Å². The third kappa shape index (κ3) is 3.68. The molecule has 1 aliphatic heterocycles. The fourth-order valence-corrected chi connectivity index (χ4v) is 3.18. The van der Waals surface area contributed by atoms with Crippen LogP contribution in [0, 0.1) is 0 Å². The molecule has 1 amide bonds. The van der Waals surface area contributed by atoms with Crippen LogP contribution >= 0.6 is 0 Å². The molecule has 0 saturated carbocycles. The molecular formula is C21H21N3O2. The van der Waals surface area contributed by atoms with Crippen molar-refractivity contribution in [1.82, 2.24) is 14.8 Å². The van der Waals surface area contributed by atoms with Crippen molar-refractivity contribution in [2.75, 3.05) is 26.2 Å². The molecule has 0 unspecified atom stereocenters. The van der Waals surface area contributed by atoms with Crippen LogP contribution in [0.1, 0.15) is 16.2 Å². The Labute approximate surface area is 152 Å². The summed E-state index contributed by atoms with van der Waals surface area (Å²) in [6.07, 6.45) is 1.78. The summed E-state index contributed by atoms with van der Waals surface area (Å²) < 4.78 is 5.88. The lowest BCUT2D eigenvalue weighted by atomic mass is 10.2. The van der Waals surface area contributed by atoms with E-state index in [4.69, 9.17) is 4.42 Å². The Bertz CT molecular complexity index is 853. The number of amides is 1. The first-order valence-electron chi connectivity index (χ1n) is 8.86. The molecule has 0 N–H and O–H groups in total. The highest BCUT2D eigenvalue weighted by atomic mass is 16.4. The average Bonchev–Trinajstić information content (AvgIpc) is 3.18. The van der Waals surface area contributed by atoms with Crippen LogP contribution in [-0.2, 0) is 6.54 Å². The molecule has 1 fully saturated rings. The molecule has 4 rings (SSSR count). The molecule has 1 saturated heterocycles. The van der Waals surface area contributed by atoms with Gasteiger partial charge in [-0.1, -0.05) is 48.5 Å². The summed E-state index contributed by atoms with van der Waals surface area (Å²) in [5.74, 6) is 1.61. The van der Waals surface area contributed by atoms with Gasteiger partial charge in [-0.25, -0.2) is 4.98 Å². The average molecular weight is 347 g/mol. The summed E-state index contributed by atoms with van der Waals surface area (Å²) in [6, 6.07) is 19.4. The minimum Gasteiger partial charge on any atom is -0.439 e. The minimum absolute atomic E-state index is 0.104. The maximum atomic E-state index is 12.5. The van der Waals surface area contributed by atoms with Crippen molar-refractivity contribution >= 4 is 5.91 Å². The summed E-state index contributed by atoms with van der Waals surface area (Å²) in [5, 5.41) is 0. The van der Waals surface area contributed by atoms with Crippen molar-refractivity contribution in [3.05, 3.63) is 78.3 Å². The van der Waals surface area contributed by atoms with Crippen LogP contribution in [0.2, 0.25) is 0 Å². The Morgan fingerprint density at radius 3 is 2.27 bits per heavy atom. The third-order valence-corrected chi connectivity index (χ3v) is 4.65. The molecule has 1 aromatic heterocycles. The molecular weight excluding hydrogens is 326 g/mol. The van der Waals surface area contributed by atoms with E-state index in [1.165, 1.54) is 0 Å². The normalized spacial score (nSPS) is 15.2. The molecule has 2 heterocycles.